The SMILES string of the molecule is CC(C)(C)[C@H]1CN(C(c2ccc(F)cc2)c2ccccc2F)CCN1C(=O)CC1CCNCC1. The molecule has 2 saturated heterocycles. The van der Waals surface area contributed by atoms with Gasteiger partial charge >= 0.3 is 0 Å². The van der Waals surface area contributed by atoms with E-state index < -0.39 is 0 Å². The Morgan fingerprint density at radius 3 is 2.35 bits per heavy atom. The molecule has 1 N–H and O–H groups in total. The van der Waals surface area contributed by atoms with Crippen LogP contribution in [-0.2, 0) is 4.79 Å². The summed E-state index contributed by atoms with van der Waals surface area (Å²) < 4.78 is 28.7. The molecule has 2 atom stereocenters. The van der Waals surface area contributed by atoms with E-state index in [2.05, 4.69) is 35.9 Å². The molecule has 2 heterocycles. The van der Waals surface area contributed by atoms with Gasteiger partial charge in [0.25, 0.3) is 0 Å². The van der Waals surface area contributed by atoms with Crippen molar-refractivity contribution in [2.75, 3.05) is 32.7 Å². The fourth-order valence-corrected chi connectivity index (χ4v) is 5.46. The molecule has 4 rings (SSSR count). The molecule has 184 valence electrons. The first-order valence-electron chi connectivity index (χ1n) is 12.5. The maximum Gasteiger partial charge on any atom is 0.223 e. The van der Waals surface area contributed by atoms with Crippen molar-refractivity contribution in [3.63, 3.8) is 0 Å². The molecule has 0 bridgehead atoms. The fourth-order valence-electron chi connectivity index (χ4n) is 5.46. The minimum absolute atomic E-state index is 0.00480. The van der Waals surface area contributed by atoms with Gasteiger partial charge in [0.15, 0.2) is 0 Å². The normalized spacial score (nSPS) is 21.4. The molecule has 0 radical (unpaired) electrons. The number of nitrogens with one attached hydrogen (secondary N) is 1. The third-order valence-electron chi connectivity index (χ3n) is 7.40. The Balaban J connectivity index is 1.61. The number of hydrogen-bond donors (Lipinski definition) is 1. The van der Waals surface area contributed by atoms with E-state index >= 15 is 0 Å². The molecule has 1 unspecified atom stereocenters. The molecular weight excluding hydrogens is 432 g/mol. The number of benzene rings is 2. The van der Waals surface area contributed by atoms with Crippen LogP contribution in [0.3, 0.4) is 0 Å². The smallest absolute Gasteiger partial charge is 0.223 e. The van der Waals surface area contributed by atoms with Crippen molar-refractivity contribution in [3.05, 3.63) is 71.3 Å². The summed E-state index contributed by atoms with van der Waals surface area (Å²) in [7, 11) is 0. The number of piperazine rings is 1. The number of rotatable bonds is 5. The van der Waals surface area contributed by atoms with Gasteiger partial charge in [0.05, 0.1) is 6.04 Å². The monoisotopic (exact) mass is 469 g/mol. The lowest BCUT2D eigenvalue weighted by Gasteiger charge is -2.49. The third kappa shape index (κ3) is 5.66. The Kier molecular flexibility index (Phi) is 7.68. The number of nitrogens with zero attached hydrogens (tertiary/aromatic N) is 2. The molecule has 2 aliphatic heterocycles. The molecule has 2 aromatic carbocycles. The number of piperidine rings is 1. The molecule has 0 aliphatic carbocycles. The molecule has 0 saturated carbocycles. The van der Waals surface area contributed by atoms with Gasteiger partial charge in [-0.15, -0.1) is 0 Å². The van der Waals surface area contributed by atoms with E-state index in [0.29, 0.717) is 37.5 Å². The summed E-state index contributed by atoms with van der Waals surface area (Å²) in [4.78, 5) is 17.7. The van der Waals surface area contributed by atoms with Crippen LogP contribution in [0, 0.1) is 23.0 Å². The van der Waals surface area contributed by atoms with Crippen LogP contribution >= 0.6 is 0 Å². The lowest BCUT2D eigenvalue weighted by molar-refractivity contribution is -0.141. The van der Waals surface area contributed by atoms with Crippen LogP contribution in [0.15, 0.2) is 48.5 Å². The van der Waals surface area contributed by atoms with E-state index in [1.807, 2.05) is 12.1 Å². The minimum atomic E-state index is -0.340. The van der Waals surface area contributed by atoms with Crippen molar-refractivity contribution < 1.29 is 13.6 Å². The molecule has 2 fully saturated rings. The maximum atomic E-state index is 15.0. The Bertz CT molecular complexity index is 966. The predicted octanol–water partition coefficient (Wildman–Crippen LogP) is 5.00. The van der Waals surface area contributed by atoms with Gasteiger partial charge in [0.1, 0.15) is 11.6 Å². The van der Waals surface area contributed by atoms with E-state index in [9.17, 15) is 13.6 Å². The lowest BCUT2D eigenvalue weighted by Crippen LogP contribution is -2.60. The van der Waals surface area contributed by atoms with Gasteiger partial charge in [-0.1, -0.05) is 51.1 Å². The van der Waals surface area contributed by atoms with Gasteiger partial charge in [-0.3, -0.25) is 9.69 Å². The molecule has 2 aromatic rings. The lowest BCUT2D eigenvalue weighted by atomic mass is 9.82. The van der Waals surface area contributed by atoms with Crippen molar-refractivity contribution in [2.45, 2.75) is 52.1 Å². The van der Waals surface area contributed by atoms with Crippen LogP contribution in [-0.4, -0.2) is 54.5 Å². The van der Waals surface area contributed by atoms with E-state index in [0.717, 1.165) is 31.5 Å². The summed E-state index contributed by atoms with van der Waals surface area (Å²) in [5, 5.41) is 3.37. The number of carbonyl (C=O) groups is 1. The standard InChI is InChI=1S/C28H37F2N3O/c1-28(2,3)25-19-32(16-17-33(25)26(34)18-20-12-14-31-15-13-20)27(21-8-10-22(29)11-9-21)23-6-4-5-7-24(23)30/h4-11,20,25,27,31H,12-19H2,1-3H3/t25-,27?/m1/s1. The summed E-state index contributed by atoms with van der Waals surface area (Å²) in [6.45, 7) is 10.4. The summed E-state index contributed by atoms with van der Waals surface area (Å²) in [6.07, 6.45) is 2.70. The number of carbonyl (C=O) groups excluding carboxylic acids is 1. The highest BCUT2D eigenvalue weighted by atomic mass is 19.1. The molecular formula is C28H37F2N3O. The molecule has 1 amide bonds. The zero-order valence-corrected chi connectivity index (χ0v) is 20.6. The van der Waals surface area contributed by atoms with Crippen LogP contribution in [0.5, 0.6) is 0 Å². The highest BCUT2D eigenvalue weighted by molar-refractivity contribution is 5.77. The minimum Gasteiger partial charge on any atom is -0.337 e. The van der Waals surface area contributed by atoms with E-state index in [-0.39, 0.29) is 35.0 Å². The predicted molar refractivity (Wildman–Crippen MR) is 131 cm³/mol. The molecule has 6 heteroatoms. The van der Waals surface area contributed by atoms with Crippen molar-refractivity contribution in [3.8, 4) is 0 Å². The van der Waals surface area contributed by atoms with Gasteiger partial charge in [0, 0.05) is 37.7 Å². The topological polar surface area (TPSA) is 35.6 Å². The van der Waals surface area contributed by atoms with Crippen LogP contribution in [0.4, 0.5) is 8.78 Å². The van der Waals surface area contributed by atoms with Crippen molar-refractivity contribution in [1.29, 1.82) is 0 Å². The van der Waals surface area contributed by atoms with Crippen molar-refractivity contribution in [1.82, 2.24) is 15.1 Å². The average Bonchev–Trinajstić information content (AvgIpc) is 2.81. The Labute approximate surface area is 202 Å². The summed E-state index contributed by atoms with van der Waals surface area (Å²) in [6, 6.07) is 12.8. The molecule has 0 spiro atoms. The summed E-state index contributed by atoms with van der Waals surface area (Å²) >= 11 is 0. The number of halogens is 2. The van der Waals surface area contributed by atoms with Crippen LogP contribution in [0.25, 0.3) is 0 Å². The Morgan fingerprint density at radius 2 is 1.71 bits per heavy atom. The van der Waals surface area contributed by atoms with Gasteiger partial charge in [-0.05, 0) is 61.0 Å². The van der Waals surface area contributed by atoms with Gasteiger partial charge in [0.2, 0.25) is 5.91 Å². The van der Waals surface area contributed by atoms with E-state index in [1.165, 1.54) is 18.2 Å². The van der Waals surface area contributed by atoms with Crippen LogP contribution in [0.2, 0.25) is 0 Å². The van der Waals surface area contributed by atoms with E-state index in [1.54, 1.807) is 18.2 Å². The van der Waals surface area contributed by atoms with Gasteiger partial charge in [-0.25, -0.2) is 8.78 Å². The Hall–Kier alpha value is -2.31. The van der Waals surface area contributed by atoms with Crippen molar-refractivity contribution in [2.24, 2.45) is 11.3 Å². The van der Waals surface area contributed by atoms with Crippen molar-refractivity contribution >= 4 is 5.91 Å². The van der Waals surface area contributed by atoms with Crippen LogP contribution in [0.1, 0.15) is 57.2 Å². The number of amides is 1. The van der Waals surface area contributed by atoms with Gasteiger partial charge < -0.3 is 10.2 Å². The first-order valence-corrected chi connectivity index (χ1v) is 12.5. The highest BCUT2D eigenvalue weighted by Gasteiger charge is 2.41. The zero-order valence-electron chi connectivity index (χ0n) is 20.6. The van der Waals surface area contributed by atoms with E-state index in [4.69, 9.17) is 0 Å². The van der Waals surface area contributed by atoms with Crippen LogP contribution < -0.4 is 5.32 Å². The maximum absolute atomic E-state index is 15.0. The summed E-state index contributed by atoms with van der Waals surface area (Å²) in [5.41, 5.74) is 1.30. The average molecular weight is 470 g/mol. The second-order valence-electron chi connectivity index (χ2n) is 10.8. The summed E-state index contributed by atoms with van der Waals surface area (Å²) in [5.74, 6) is 0.0963. The highest BCUT2D eigenvalue weighted by Crippen LogP contribution is 2.36. The molecule has 0 aromatic heterocycles. The first kappa shape index (κ1) is 24.8. The van der Waals surface area contributed by atoms with Gasteiger partial charge in [-0.2, -0.15) is 0 Å². The number of hydrogen-bond acceptors (Lipinski definition) is 3. The molecule has 34 heavy (non-hydrogen) atoms. The Morgan fingerprint density at radius 1 is 1.03 bits per heavy atom. The first-order chi connectivity index (χ1) is 16.2. The molecule has 2 aliphatic rings. The zero-order chi connectivity index (χ0) is 24.3. The largest absolute Gasteiger partial charge is 0.337 e. The third-order valence-corrected chi connectivity index (χ3v) is 7.40. The second kappa shape index (κ2) is 10.5. The quantitative estimate of drug-likeness (QED) is 0.669. The fraction of sp³-hybridized carbons (Fsp3) is 0.536. The second-order valence-corrected chi connectivity index (χ2v) is 10.8. The molecule has 4 nitrogen and oxygen atoms in total.